The summed E-state index contributed by atoms with van der Waals surface area (Å²) in [5.41, 5.74) is 0.676. The molecule has 1 aliphatic rings. The molecule has 2 amide bonds. The summed E-state index contributed by atoms with van der Waals surface area (Å²) in [6.45, 7) is 6.11. The van der Waals surface area contributed by atoms with Crippen molar-refractivity contribution in [3.63, 3.8) is 0 Å². The minimum atomic E-state index is -0.0656. The number of aromatic nitrogens is 4. The van der Waals surface area contributed by atoms with Crippen LogP contribution in [0, 0.1) is 5.92 Å². The van der Waals surface area contributed by atoms with Gasteiger partial charge in [0, 0.05) is 36.0 Å². The van der Waals surface area contributed by atoms with Crippen LogP contribution in [-0.2, 0) is 7.05 Å². The highest BCUT2D eigenvalue weighted by molar-refractivity contribution is 8.00. The lowest BCUT2D eigenvalue weighted by atomic mass is 9.86. The van der Waals surface area contributed by atoms with Crippen LogP contribution in [0.25, 0.3) is 0 Å². The zero-order chi connectivity index (χ0) is 17.9. The molecule has 2 aromatic heterocycles. The van der Waals surface area contributed by atoms with Gasteiger partial charge in [0.25, 0.3) is 0 Å². The molecule has 0 aromatic carbocycles. The summed E-state index contributed by atoms with van der Waals surface area (Å²) < 4.78 is 1.94. The number of amides is 2. The van der Waals surface area contributed by atoms with E-state index < -0.39 is 0 Å². The summed E-state index contributed by atoms with van der Waals surface area (Å²) >= 11 is 1.87. The number of thioether (sulfide) groups is 1. The van der Waals surface area contributed by atoms with Crippen LogP contribution in [0.2, 0.25) is 0 Å². The van der Waals surface area contributed by atoms with E-state index in [0.717, 1.165) is 25.9 Å². The largest absolute Gasteiger partial charge is 0.325 e. The highest BCUT2D eigenvalue weighted by Gasteiger charge is 2.34. The lowest BCUT2D eigenvalue weighted by molar-refractivity contribution is 0.173. The van der Waals surface area contributed by atoms with Crippen LogP contribution >= 0.6 is 11.8 Å². The average molecular weight is 360 g/mol. The topological polar surface area (TPSA) is 75.9 Å². The van der Waals surface area contributed by atoms with Crippen molar-refractivity contribution in [1.82, 2.24) is 24.9 Å². The van der Waals surface area contributed by atoms with Gasteiger partial charge in [0.1, 0.15) is 0 Å². The first-order chi connectivity index (χ1) is 11.9. The van der Waals surface area contributed by atoms with Crippen molar-refractivity contribution < 1.29 is 4.79 Å². The minimum absolute atomic E-state index is 0.0656. The van der Waals surface area contributed by atoms with E-state index in [1.54, 1.807) is 18.5 Å². The number of aryl methyl sites for hydroxylation is 1. The van der Waals surface area contributed by atoms with E-state index in [2.05, 4.69) is 40.7 Å². The minimum Gasteiger partial charge on any atom is -0.325 e. The summed E-state index contributed by atoms with van der Waals surface area (Å²) in [5.74, 6) is 0.560. The second-order valence-electron chi connectivity index (χ2n) is 6.88. The Morgan fingerprint density at radius 3 is 2.64 bits per heavy atom. The van der Waals surface area contributed by atoms with Gasteiger partial charge in [-0.25, -0.2) is 4.79 Å². The molecule has 134 valence electrons. The lowest BCUT2D eigenvalue weighted by Gasteiger charge is -2.40. The molecule has 0 radical (unpaired) electrons. The number of likely N-dealkylation sites (tertiary alicyclic amines) is 1. The van der Waals surface area contributed by atoms with E-state index in [1.807, 2.05) is 34.6 Å². The zero-order valence-corrected chi connectivity index (χ0v) is 15.7. The summed E-state index contributed by atoms with van der Waals surface area (Å²) in [6, 6.07) is 1.68. The van der Waals surface area contributed by atoms with Gasteiger partial charge in [-0.15, -0.1) is 11.8 Å². The highest BCUT2D eigenvalue weighted by Crippen LogP contribution is 2.42. The number of nitrogens with zero attached hydrogens (tertiary/aromatic N) is 5. The maximum absolute atomic E-state index is 12.4. The van der Waals surface area contributed by atoms with Gasteiger partial charge in [0.15, 0.2) is 0 Å². The van der Waals surface area contributed by atoms with Gasteiger partial charge in [-0.05, 0) is 24.8 Å². The molecule has 7 nitrogen and oxygen atoms in total. The molecule has 2 aromatic rings. The summed E-state index contributed by atoms with van der Waals surface area (Å²) in [6.07, 6.45) is 9.10. The Hall–Kier alpha value is -2.09. The van der Waals surface area contributed by atoms with Crippen molar-refractivity contribution in [3.05, 3.63) is 30.9 Å². The summed E-state index contributed by atoms with van der Waals surface area (Å²) in [5, 5.41) is 14.6. The molecular weight excluding hydrogens is 336 g/mol. The van der Waals surface area contributed by atoms with Crippen molar-refractivity contribution in [2.45, 2.75) is 36.3 Å². The van der Waals surface area contributed by atoms with Crippen LogP contribution in [0.3, 0.4) is 0 Å². The van der Waals surface area contributed by atoms with Crippen LogP contribution in [0.4, 0.5) is 10.5 Å². The Bertz CT molecular complexity index is 709. The Kier molecular flexibility index (Phi) is 5.27. The maximum atomic E-state index is 12.4. The Balaban J connectivity index is 1.53. The fraction of sp³-hybridized carbons (Fsp3) is 0.529. The van der Waals surface area contributed by atoms with E-state index >= 15 is 0 Å². The summed E-state index contributed by atoms with van der Waals surface area (Å²) in [4.78, 5) is 15.4. The van der Waals surface area contributed by atoms with Gasteiger partial charge >= 0.3 is 6.03 Å². The van der Waals surface area contributed by atoms with E-state index in [-0.39, 0.29) is 10.8 Å². The first-order valence-electron chi connectivity index (χ1n) is 8.44. The Labute approximate surface area is 152 Å². The van der Waals surface area contributed by atoms with E-state index in [1.165, 1.54) is 4.90 Å². The molecule has 0 saturated carbocycles. The molecular formula is C17H24N6OS. The number of urea groups is 1. The Morgan fingerprint density at radius 1 is 1.28 bits per heavy atom. The van der Waals surface area contributed by atoms with E-state index in [0.29, 0.717) is 11.6 Å². The molecule has 1 N–H and O–H groups in total. The fourth-order valence-corrected chi connectivity index (χ4v) is 4.50. The molecule has 0 aliphatic carbocycles. The van der Waals surface area contributed by atoms with Gasteiger partial charge in [0.2, 0.25) is 0 Å². The molecule has 8 heteroatoms. The predicted molar refractivity (Wildman–Crippen MR) is 98.5 cm³/mol. The third kappa shape index (κ3) is 4.50. The van der Waals surface area contributed by atoms with Crippen molar-refractivity contribution >= 4 is 23.5 Å². The lowest BCUT2D eigenvalue weighted by Crippen LogP contribution is -2.44. The molecule has 3 heterocycles. The molecule has 0 atom stereocenters. The average Bonchev–Trinajstić information content (AvgIpc) is 3.00. The molecule has 1 fully saturated rings. The van der Waals surface area contributed by atoms with Crippen LogP contribution < -0.4 is 5.32 Å². The van der Waals surface area contributed by atoms with Gasteiger partial charge in [-0.3, -0.25) is 4.68 Å². The number of nitrogens with one attached hydrogen (secondary N) is 1. The van der Waals surface area contributed by atoms with Crippen molar-refractivity contribution in [1.29, 1.82) is 0 Å². The molecule has 0 unspecified atom stereocenters. The summed E-state index contributed by atoms with van der Waals surface area (Å²) in [7, 11) is 1.94. The van der Waals surface area contributed by atoms with Crippen LogP contribution in [0.1, 0.15) is 26.7 Å². The van der Waals surface area contributed by atoms with Gasteiger partial charge < -0.3 is 10.2 Å². The third-order valence-corrected chi connectivity index (χ3v) is 5.97. The van der Waals surface area contributed by atoms with Crippen molar-refractivity contribution in [2.24, 2.45) is 13.0 Å². The number of rotatable bonds is 4. The highest BCUT2D eigenvalue weighted by atomic mass is 32.2. The van der Waals surface area contributed by atoms with Crippen LogP contribution in [-0.4, -0.2) is 48.7 Å². The molecule has 3 rings (SSSR count). The second kappa shape index (κ2) is 7.43. The monoisotopic (exact) mass is 360 g/mol. The SMILES string of the molecule is Cn1cc(SC(C)(C)C2CCN(C(=O)Nc3ccnnc3)CC2)cn1. The normalized spacial score (nSPS) is 16.0. The first-order valence-corrected chi connectivity index (χ1v) is 9.26. The molecule has 1 aliphatic heterocycles. The predicted octanol–water partition coefficient (Wildman–Crippen LogP) is 3.02. The molecule has 1 saturated heterocycles. The fourth-order valence-electron chi connectivity index (χ4n) is 3.18. The van der Waals surface area contributed by atoms with Gasteiger partial charge in [0.05, 0.1) is 24.3 Å². The van der Waals surface area contributed by atoms with Crippen LogP contribution in [0.5, 0.6) is 0 Å². The van der Waals surface area contributed by atoms with Crippen LogP contribution in [0.15, 0.2) is 35.7 Å². The van der Waals surface area contributed by atoms with Crippen molar-refractivity contribution in [2.75, 3.05) is 18.4 Å². The van der Waals surface area contributed by atoms with Gasteiger partial charge in [-0.1, -0.05) is 13.8 Å². The Morgan fingerprint density at radius 2 is 2.04 bits per heavy atom. The number of carbonyl (C=O) groups is 1. The molecule has 0 bridgehead atoms. The third-order valence-electron chi connectivity index (χ3n) is 4.66. The molecule has 25 heavy (non-hydrogen) atoms. The second-order valence-corrected chi connectivity index (χ2v) is 8.61. The van der Waals surface area contributed by atoms with E-state index in [4.69, 9.17) is 0 Å². The number of piperidine rings is 1. The molecule has 0 spiro atoms. The van der Waals surface area contributed by atoms with E-state index in [9.17, 15) is 4.79 Å². The van der Waals surface area contributed by atoms with Crippen molar-refractivity contribution in [3.8, 4) is 0 Å². The van der Waals surface area contributed by atoms with Gasteiger partial charge in [-0.2, -0.15) is 15.3 Å². The number of hydrogen-bond donors (Lipinski definition) is 1. The number of carbonyl (C=O) groups excluding carboxylic acids is 1. The quantitative estimate of drug-likeness (QED) is 0.848. The smallest absolute Gasteiger partial charge is 0.321 e. The number of hydrogen-bond acceptors (Lipinski definition) is 5. The first kappa shape index (κ1) is 17.7. The maximum Gasteiger partial charge on any atom is 0.321 e. The zero-order valence-electron chi connectivity index (χ0n) is 14.8. The number of anilines is 1. The standard InChI is InChI=1S/C17H24N6OS/c1-17(2,25-15-11-20-22(3)12-15)13-5-8-23(9-6-13)16(24)21-14-4-7-18-19-10-14/h4,7,10-13H,5-6,8-9H2,1-3H3,(H,18,21,24).